The van der Waals surface area contributed by atoms with Gasteiger partial charge in [-0.3, -0.25) is 10.1 Å². The minimum absolute atomic E-state index is 0.0963. The zero-order valence-electron chi connectivity index (χ0n) is 10.1. The largest absolute Gasteiger partial charge is 0.481 e. The van der Waals surface area contributed by atoms with E-state index in [1.54, 1.807) is 6.92 Å². The molecule has 0 aliphatic heterocycles. The highest BCUT2D eigenvalue weighted by Crippen LogP contribution is 2.29. The van der Waals surface area contributed by atoms with Gasteiger partial charge >= 0.3 is 11.7 Å². The first kappa shape index (κ1) is 14.6. The van der Waals surface area contributed by atoms with Gasteiger partial charge in [0.05, 0.1) is 4.92 Å². The first-order valence-electron chi connectivity index (χ1n) is 5.45. The lowest BCUT2D eigenvalue weighted by atomic mass is 10.2. The van der Waals surface area contributed by atoms with Gasteiger partial charge in [0.25, 0.3) is 0 Å². The molecule has 102 valence electrons. The van der Waals surface area contributed by atoms with Crippen molar-refractivity contribution in [2.45, 2.75) is 13.3 Å². The van der Waals surface area contributed by atoms with Crippen molar-refractivity contribution in [3.8, 4) is 5.75 Å². The van der Waals surface area contributed by atoms with E-state index in [2.05, 4.69) is 0 Å². The molecule has 0 aliphatic carbocycles. The van der Waals surface area contributed by atoms with Crippen molar-refractivity contribution in [2.24, 2.45) is 0 Å². The second kappa shape index (κ2) is 6.48. The Morgan fingerprint density at radius 2 is 2.26 bits per heavy atom. The van der Waals surface area contributed by atoms with E-state index in [0.717, 1.165) is 12.1 Å². The quantitative estimate of drug-likeness (QED) is 0.487. The fourth-order valence-electron chi connectivity index (χ4n) is 1.39. The van der Waals surface area contributed by atoms with Crippen molar-refractivity contribution in [2.75, 3.05) is 6.61 Å². The van der Waals surface area contributed by atoms with Crippen LogP contribution in [0, 0.1) is 15.9 Å². The highest BCUT2D eigenvalue weighted by molar-refractivity contribution is 5.86. The maximum Gasteiger partial charge on any atom is 0.331 e. The first-order valence-corrected chi connectivity index (χ1v) is 5.45. The second-order valence-electron chi connectivity index (χ2n) is 3.54. The van der Waals surface area contributed by atoms with E-state index in [0.29, 0.717) is 0 Å². The van der Waals surface area contributed by atoms with Crippen LogP contribution >= 0.6 is 0 Å². The summed E-state index contributed by atoms with van der Waals surface area (Å²) in [6.45, 7) is 1.39. The van der Waals surface area contributed by atoms with Gasteiger partial charge in [-0.25, -0.2) is 9.18 Å². The molecule has 0 fully saturated rings. The predicted molar refractivity (Wildman–Crippen MR) is 64.6 cm³/mol. The number of aliphatic carboxylic acids is 1. The number of halogens is 1. The molecule has 0 amide bonds. The smallest absolute Gasteiger partial charge is 0.331 e. The minimum atomic E-state index is -1.10. The number of rotatable bonds is 6. The Labute approximate surface area is 108 Å². The number of carboxylic acids is 1. The number of carboxylic acid groups (broad SMARTS) is 1. The van der Waals surface area contributed by atoms with Crippen LogP contribution in [0.1, 0.15) is 13.3 Å². The molecule has 0 unspecified atom stereocenters. The van der Waals surface area contributed by atoms with Crippen LogP contribution in [0.2, 0.25) is 0 Å². The molecule has 0 saturated carbocycles. The maximum atomic E-state index is 13.4. The zero-order chi connectivity index (χ0) is 14.4. The summed E-state index contributed by atoms with van der Waals surface area (Å²) >= 11 is 0. The zero-order valence-corrected chi connectivity index (χ0v) is 10.1. The third-order valence-corrected chi connectivity index (χ3v) is 2.36. The molecule has 7 heteroatoms. The normalized spacial score (nSPS) is 11.2. The van der Waals surface area contributed by atoms with Gasteiger partial charge in [-0.1, -0.05) is 13.0 Å². The van der Waals surface area contributed by atoms with E-state index in [1.807, 2.05) is 0 Å². The van der Waals surface area contributed by atoms with Crippen molar-refractivity contribution >= 4 is 11.7 Å². The van der Waals surface area contributed by atoms with Crippen LogP contribution in [0.15, 0.2) is 29.8 Å². The van der Waals surface area contributed by atoms with Gasteiger partial charge in [-0.05, 0) is 18.6 Å². The molecule has 0 aliphatic rings. The van der Waals surface area contributed by atoms with Crippen molar-refractivity contribution < 1.29 is 24.0 Å². The number of carbonyl (C=O) groups is 1. The summed E-state index contributed by atoms with van der Waals surface area (Å²) in [6, 6.07) is 3.34. The molecule has 1 aromatic carbocycles. The van der Waals surface area contributed by atoms with Crippen LogP contribution in [0.25, 0.3) is 0 Å². The molecule has 1 aromatic rings. The summed E-state index contributed by atoms with van der Waals surface area (Å²) in [7, 11) is 0. The highest BCUT2D eigenvalue weighted by Gasteiger charge is 2.19. The lowest BCUT2D eigenvalue weighted by Gasteiger charge is -2.06. The van der Waals surface area contributed by atoms with E-state index in [4.69, 9.17) is 9.84 Å². The predicted octanol–water partition coefficient (Wildman–Crippen LogP) is 2.53. The van der Waals surface area contributed by atoms with E-state index < -0.39 is 28.1 Å². The van der Waals surface area contributed by atoms with Crippen LogP contribution < -0.4 is 4.74 Å². The molecule has 0 radical (unpaired) electrons. The van der Waals surface area contributed by atoms with E-state index >= 15 is 0 Å². The molecular formula is C12H12FNO5. The minimum Gasteiger partial charge on any atom is -0.481 e. The lowest BCUT2D eigenvalue weighted by Crippen LogP contribution is -2.05. The summed E-state index contributed by atoms with van der Waals surface area (Å²) in [4.78, 5) is 20.6. The Morgan fingerprint density at radius 1 is 1.58 bits per heavy atom. The molecule has 6 nitrogen and oxygen atoms in total. The van der Waals surface area contributed by atoms with E-state index in [1.165, 1.54) is 12.1 Å². The average molecular weight is 269 g/mol. The molecular weight excluding hydrogens is 257 g/mol. The summed E-state index contributed by atoms with van der Waals surface area (Å²) in [5, 5.41) is 19.4. The number of hydrogen-bond donors (Lipinski definition) is 1. The third-order valence-electron chi connectivity index (χ3n) is 2.36. The topological polar surface area (TPSA) is 89.7 Å². The summed E-state index contributed by atoms with van der Waals surface area (Å²) in [5.74, 6) is -2.46. The van der Waals surface area contributed by atoms with Gasteiger partial charge < -0.3 is 9.84 Å². The highest BCUT2D eigenvalue weighted by atomic mass is 19.1. The molecule has 0 saturated heterocycles. The number of ether oxygens (including phenoxy) is 1. The summed E-state index contributed by atoms with van der Waals surface area (Å²) in [6.07, 6.45) is 1.52. The van der Waals surface area contributed by atoms with Gasteiger partial charge in [0.15, 0.2) is 5.82 Å². The van der Waals surface area contributed by atoms with Crippen molar-refractivity contribution in [1.29, 1.82) is 0 Å². The number of hydrogen-bond acceptors (Lipinski definition) is 4. The molecule has 0 aromatic heterocycles. The Hall–Kier alpha value is -2.44. The summed E-state index contributed by atoms with van der Waals surface area (Å²) in [5.41, 5.74) is -0.402. The standard InChI is InChI=1S/C12H12FNO5/c1-2-8(12(15)16)6-7-19-11-9(13)4-3-5-10(11)14(17)18/h3-6H,2,7H2,1H3,(H,15,16)/b8-6-. The molecule has 0 atom stereocenters. The number of nitro benzene ring substituents is 1. The SMILES string of the molecule is CC/C(=C/COc1c(F)cccc1[N+](=O)[O-])C(=O)O. The molecule has 0 spiro atoms. The van der Waals surface area contributed by atoms with Crippen molar-refractivity contribution in [1.82, 2.24) is 0 Å². The molecule has 1 N–H and O–H groups in total. The van der Waals surface area contributed by atoms with Crippen molar-refractivity contribution in [3.63, 3.8) is 0 Å². The lowest BCUT2D eigenvalue weighted by molar-refractivity contribution is -0.386. The van der Waals surface area contributed by atoms with Crippen LogP contribution in [-0.2, 0) is 4.79 Å². The van der Waals surface area contributed by atoms with Gasteiger partial charge in [0.2, 0.25) is 5.75 Å². The van der Waals surface area contributed by atoms with E-state index in [9.17, 15) is 19.3 Å². The fraction of sp³-hybridized carbons (Fsp3) is 0.250. The molecule has 1 rings (SSSR count). The molecule has 0 heterocycles. The average Bonchev–Trinajstić information content (AvgIpc) is 2.35. The van der Waals surface area contributed by atoms with E-state index in [-0.39, 0.29) is 18.6 Å². The number of nitro groups is 1. The Kier molecular flexibility index (Phi) is 4.99. The van der Waals surface area contributed by atoms with Crippen LogP contribution in [0.4, 0.5) is 10.1 Å². The number of benzene rings is 1. The van der Waals surface area contributed by atoms with Crippen LogP contribution in [-0.4, -0.2) is 22.6 Å². The van der Waals surface area contributed by atoms with Gasteiger partial charge in [-0.15, -0.1) is 0 Å². The van der Waals surface area contributed by atoms with Gasteiger partial charge in [0, 0.05) is 11.6 Å². The Bertz CT molecular complexity index is 527. The first-order chi connectivity index (χ1) is 8.97. The van der Waals surface area contributed by atoms with Gasteiger partial charge in [-0.2, -0.15) is 0 Å². The summed E-state index contributed by atoms with van der Waals surface area (Å²) < 4.78 is 18.4. The van der Waals surface area contributed by atoms with Crippen molar-refractivity contribution in [3.05, 3.63) is 45.8 Å². The monoisotopic (exact) mass is 269 g/mol. The fourth-order valence-corrected chi connectivity index (χ4v) is 1.39. The molecule has 0 bridgehead atoms. The van der Waals surface area contributed by atoms with Gasteiger partial charge in [0.1, 0.15) is 6.61 Å². The maximum absolute atomic E-state index is 13.4. The molecule has 19 heavy (non-hydrogen) atoms. The van der Waals surface area contributed by atoms with Crippen LogP contribution in [0.3, 0.4) is 0 Å². The van der Waals surface area contributed by atoms with Crippen LogP contribution in [0.5, 0.6) is 5.75 Å². The number of nitrogens with zero attached hydrogens (tertiary/aromatic N) is 1. The number of para-hydroxylation sites is 1. The second-order valence-corrected chi connectivity index (χ2v) is 3.54. The Morgan fingerprint density at radius 3 is 2.79 bits per heavy atom. The third kappa shape index (κ3) is 3.77. The Balaban J connectivity index is 2.89.